The van der Waals surface area contributed by atoms with Crippen LogP contribution in [0.25, 0.3) is 0 Å². The second-order valence-electron chi connectivity index (χ2n) is 5.94. The minimum absolute atomic E-state index is 0.107. The lowest BCUT2D eigenvalue weighted by Crippen LogP contribution is -2.39. The molecule has 0 spiro atoms. The SMILES string of the molecule is CN(C(=O)c1ccccc1C(=O)c1ccc(Br)cc1)[C@@H]1CCNC1. The zero-order valence-corrected chi connectivity index (χ0v) is 15.0. The molecule has 0 aromatic heterocycles. The van der Waals surface area contributed by atoms with E-state index in [1.165, 1.54) is 0 Å². The number of nitrogens with one attached hydrogen (secondary N) is 1. The first-order chi connectivity index (χ1) is 11.6. The molecule has 3 rings (SSSR count). The van der Waals surface area contributed by atoms with Crippen molar-refractivity contribution in [2.75, 3.05) is 20.1 Å². The fraction of sp³-hybridized carbons (Fsp3) is 0.263. The Morgan fingerprint density at radius 2 is 1.75 bits per heavy atom. The lowest BCUT2D eigenvalue weighted by Gasteiger charge is -2.24. The molecular weight excluding hydrogens is 368 g/mol. The van der Waals surface area contributed by atoms with Crippen LogP contribution >= 0.6 is 15.9 Å². The average molecular weight is 387 g/mol. The standard InChI is InChI=1S/C19H19BrN2O2/c1-22(15-10-11-21-12-15)19(24)17-5-3-2-4-16(17)18(23)13-6-8-14(20)9-7-13/h2-9,15,21H,10-12H2,1H3/t15-/m1/s1. The van der Waals surface area contributed by atoms with Gasteiger partial charge in [0.2, 0.25) is 0 Å². The van der Waals surface area contributed by atoms with E-state index in [4.69, 9.17) is 0 Å². The molecule has 1 heterocycles. The number of ketones is 1. The summed E-state index contributed by atoms with van der Waals surface area (Å²) in [6, 6.07) is 14.4. The van der Waals surface area contributed by atoms with Crippen LogP contribution in [0.3, 0.4) is 0 Å². The summed E-state index contributed by atoms with van der Waals surface area (Å²) in [6.07, 6.45) is 0.936. The lowest BCUT2D eigenvalue weighted by molar-refractivity contribution is 0.0739. The third kappa shape index (κ3) is 3.42. The van der Waals surface area contributed by atoms with Crippen LogP contribution in [-0.2, 0) is 0 Å². The molecule has 1 aliphatic rings. The summed E-state index contributed by atoms with van der Waals surface area (Å²) in [4.78, 5) is 27.5. The summed E-state index contributed by atoms with van der Waals surface area (Å²) in [7, 11) is 1.81. The molecule has 124 valence electrons. The van der Waals surface area contributed by atoms with Crippen molar-refractivity contribution in [3.63, 3.8) is 0 Å². The van der Waals surface area contributed by atoms with Gasteiger partial charge in [0.05, 0.1) is 5.56 Å². The van der Waals surface area contributed by atoms with Crippen LogP contribution in [0.15, 0.2) is 53.0 Å². The number of likely N-dealkylation sites (N-methyl/N-ethyl adjacent to an activating group) is 1. The summed E-state index contributed by atoms with van der Waals surface area (Å²) in [5, 5.41) is 3.26. The van der Waals surface area contributed by atoms with Crippen LogP contribution in [0.4, 0.5) is 0 Å². The molecule has 24 heavy (non-hydrogen) atoms. The van der Waals surface area contributed by atoms with Crippen LogP contribution in [0.2, 0.25) is 0 Å². The van der Waals surface area contributed by atoms with Crippen molar-refractivity contribution in [3.05, 3.63) is 69.7 Å². The minimum atomic E-state index is -0.135. The Bertz CT molecular complexity index is 752. The third-order valence-corrected chi connectivity index (χ3v) is 4.94. The van der Waals surface area contributed by atoms with Gasteiger partial charge in [0.15, 0.2) is 5.78 Å². The molecule has 0 saturated carbocycles. The van der Waals surface area contributed by atoms with Crippen LogP contribution in [-0.4, -0.2) is 42.8 Å². The largest absolute Gasteiger partial charge is 0.337 e. The molecule has 1 N–H and O–H groups in total. The van der Waals surface area contributed by atoms with Crippen molar-refractivity contribution >= 4 is 27.6 Å². The molecule has 0 radical (unpaired) electrons. The van der Waals surface area contributed by atoms with E-state index in [1.807, 2.05) is 12.1 Å². The average Bonchev–Trinajstić information content (AvgIpc) is 3.15. The van der Waals surface area contributed by atoms with E-state index in [1.54, 1.807) is 48.3 Å². The fourth-order valence-electron chi connectivity index (χ4n) is 2.95. The monoisotopic (exact) mass is 386 g/mol. The molecular formula is C19H19BrN2O2. The first-order valence-corrected chi connectivity index (χ1v) is 8.74. The maximum Gasteiger partial charge on any atom is 0.254 e. The van der Waals surface area contributed by atoms with Gasteiger partial charge >= 0.3 is 0 Å². The molecule has 0 unspecified atom stereocenters. The van der Waals surface area contributed by atoms with Crippen molar-refractivity contribution in [2.24, 2.45) is 0 Å². The number of hydrogen-bond acceptors (Lipinski definition) is 3. The Kier molecular flexibility index (Phi) is 5.11. The Hall–Kier alpha value is -1.98. The molecule has 1 fully saturated rings. The summed E-state index contributed by atoms with van der Waals surface area (Å²) in [6.45, 7) is 1.72. The number of carbonyl (C=O) groups is 2. The van der Waals surface area contributed by atoms with Crippen LogP contribution in [0.1, 0.15) is 32.7 Å². The van der Waals surface area contributed by atoms with Crippen LogP contribution in [0.5, 0.6) is 0 Å². The highest BCUT2D eigenvalue weighted by Crippen LogP contribution is 2.20. The summed E-state index contributed by atoms with van der Waals surface area (Å²) in [5.41, 5.74) is 1.48. The van der Waals surface area contributed by atoms with Crippen molar-refractivity contribution in [3.8, 4) is 0 Å². The molecule has 1 amide bonds. The quantitative estimate of drug-likeness (QED) is 0.821. The number of hydrogen-bond donors (Lipinski definition) is 1. The number of benzene rings is 2. The van der Waals surface area contributed by atoms with Gasteiger partial charge in [-0.1, -0.05) is 34.1 Å². The lowest BCUT2D eigenvalue weighted by atomic mass is 9.97. The smallest absolute Gasteiger partial charge is 0.254 e. The van der Waals surface area contributed by atoms with Crippen molar-refractivity contribution < 1.29 is 9.59 Å². The van der Waals surface area contributed by atoms with E-state index in [2.05, 4.69) is 21.2 Å². The van der Waals surface area contributed by atoms with Crippen LogP contribution < -0.4 is 5.32 Å². The van der Waals surface area contributed by atoms with Gasteiger partial charge in [-0.2, -0.15) is 0 Å². The molecule has 5 heteroatoms. The maximum absolute atomic E-state index is 12.9. The Balaban J connectivity index is 1.91. The van der Waals surface area contributed by atoms with Gasteiger partial charge in [-0.25, -0.2) is 0 Å². The zero-order chi connectivity index (χ0) is 17.1. The molecule has 2 aromatic carbocycles. The predicted molar refractivity (Wildman–Crippen MR) is 97.4 cm³/mol. The molecule has 1 atom stereocenters. The van der Waals surface area contributed by atoms with Gasteiger partial charge in [-0.3, -0.25) is 9.59 Å². The molecule has 4 nitrogen and oxygen atoms in total. The van der Waals surface area contributed by atoms with Gasteiger partial charge in [-0.15, -0.1) is 0 Å². The van der Waals surface area contributed by atoms with E-state index < -0.39 is 0 Å². The van der Waals surface area contributed by atoms with Crippen molar-refractivity contribution in [1.82, 2.24) is 10.2 Å². The minimum Gasteiger partial charge on any atom is -0.337 e. The van der Waals surface area contributed by atoms with E-state index in [9.17, 15) is 9.59 Å². The zero-order valence-electron chi connectivity index (χ0n) is 13.5. The third-order valence-electron chi connectivity index (χ3n) is 4.41. The van der Waals surface area contributed by atoms with Gasteiger partial charge in [0, 0.05) is 35.2 Å². The Labute approximate surface area is 150 Å². The van der Waals surface area contributed by atoms with E-state index >= 15 is 0 Å². The Morgan fingerprint density at radius 3 is 2.38 bits per heavy atom. The first kappa shape index (κ1) is 16.9. The maximum atomic E-state index is 12.9. The summed E-state index contributed by atoms with van der Waals surface area (Å²) in [5.74, 6) is -0.242. The van der Waals surface area contributed by atoms with E-state index in [0.717, 1.165) is 24.0 Å². The van der Waals surface area contributed by atoms with Gasteiger partial charge in [-0.05, 0) is 43.3 Å². The first-order valence-electron chi connectivity index (χ1n) is 7.95. The van der Waals surface area contributed by atoms with Gasteiger partial charge in [0.25, 0.3) is 5.91 Å². The number of amides is 1. The predicted octanol–water partition coefficient (Wildman–Crippen LogP) is 3.11. The highest BCUT2D eigenvalue weighted by Gasteiger charge is 2.26. The van der Waals surface area contributed by atoms with Gasteiger partial charge < -0.3 is 10.2 Å². The molecule has 0 bridgehead atoms. The summed E-state index contributed by atoms with van der Waals surface area (Å²) >= 11 is 3.37. The molecule has 2 aromatic rings. The Morgan fingerprint density at radius 1 is 1.08 bits per heavy atom. The second-order valence-corrected chi connectivity index (χ2v) is 6.86. The normalized spacial score (nSPS) is 16.8. The number of rotatable bonds is 4. The number of carbonyl (C=O) groups excluding carboxylic acids is 2. The second kappa shape index (κ2) is 7.28. The molecule has 1 saturated heterocycles. The fourth-order valence-corrected chi connectivity index (χ4v) is 3.21. The van der Waals surface area contributed by atoms with E-state index in [0.29, 0.717) is 16.7 Å². The molecule has 0 aliphatic carbocycles. The topological polar surface area (TPSA) is 49.4 Å². The van der Waals surface area contributed by atoms with E-state index in [-0.39, 0.29) is 17.7 Å². The highest BCUT2D eigenvalue weighted by atomic mass is 79.9. The van der Waals surface area contributed by atoms with Crippen LogP contribution in [0, 0.1) is 0 Å². The number of nitrogens with zero attached hydrogens (tertiary/aromatic N) is 1. The number of halogens is 1. The highest BCUT2D eigenvalue weighted by molar-refractivity contribution is 9.10. The molecule has 1 aliphatic heterocycles. The van der Waals surface area contributed by atoms with Crippen molar-refractivity contribution in [1.29, 1.82) is 0 Å². The van der Waals surface area contributed by atoms with Crippen molar-refractivity contribution in [2.45, 2.75) is 12.5 Å². The summed E-state index contributed by atoms with van der Waals surface area (Å²) < 4.78 is 0.914. The van der Waals surface area contributed by atoms with Gasteiger partial charge in [0.1, 0.15) is 0 Å².